The van der Waals surface area contributed by atoms with Gasteiger partial charge in [0, 0.05) is 25.4 Å². The highest BCUT2D eigenvalue weighted by molar-refractivity contribution is 7.10. The zero-order chi connectivity index (χ0) is 19.4. The van der Waals surface area contributed by atoms with Gasteiger partial charge in [-0.15, -0.1) is 16.4 Å². The molecule has 2 aromatic heterocycles. The molecule has 0 amide bonds. The summed E-state index contributed by atoms with van der Waals surface area (Å²) in [5.41, 5.74) is 7.34. The highest BCUT2D eigenvalue weighted by atomic mass is 32.1. The first-order valence-corrected chi connectivity index (χ1v) is 9.94. The molecule has 0 radical (unpaired) electrons. The molecule has 2 heterocycles. The molecule has 1 aromatic carbocycles. The Morgan fingerprint density at radius 2 is 1.89 bits per heavy atom. The van der Waals surface area contributed by atoms with Crippen LogP contribution in [0, 0.1) is 20.8 Å². The van der Waals surface area contributed by atoms with Crippen molar-refractivity contribution in [2.24, 2.45) is 4.99 Å². The second-order valence-electron chi connectivity index (χ2n) is 6.75. The number of aliphatic imine (C=N–C) groups is 1. The van der Waals surface area contributed by atoms with E-state index >= 15 is 0 Å². The monoisotopic (exact) mass is 379 g/mol. The minimum Gasteiger partial charge on any atom is -0.366 e. The third-order valence-electron chi connectivity index (χ3n) is 4.50. The van der Waals surface area contributed by atoms with Gasteiger partial charge >= 0.3 is 0 Å². The number of benzene rings is 1. The lowest BCUT2D eigenvalue weighted by Gasteiger charge is -2.11. The molecule has 0 unspecified atom stereocenters. The van der Waals surface area contributed by atoms with E-state index in [0.29, 0.717) is 0 Å². The Kier molecular flexibility index (Phi) is 5.96. The standard InChI is InChI=1S/C21H25N5S/c1-6-26(5)13-22-19-10-14(2)17(9-15(19)3)11-21-23-20(12-27-21)18-8-7-16(4)24-25-18/h7-10,12-13H,6,11H2,1-5H3/b22-13+. The molecule has 0 aliphatic carbocycles. The van der Waals surface area contributed by atoms with Crippen molar-refractivity contribution in [1.29, 1.82) is 0 Å². The van der Waals surface area contributed by atoms with Crippen LogP contribution in [0.4, 0.5) is 5.69 Å². The normalized spacial score (nSPS) is 11.3. The minimum absolute atomic E-state index is 0.815. The maximum absolute atomic E-state index is 4.75. The molecule has 6 heteroatoms. The summed E-state index contributed by atoms with van der Waals surface area (Å²) in [6, 6.07) is 8.31. The zero-order valence-corrected chi connectivity index (χ0v) is 17.3. The van der Waals surface area contributed by atoms with E-state index in [2.05, 4.69) is 58.4 Å². The number of nitrogens with zero attached hydrogens (tertiary/aromatic N) is 5. The first-order chi connectivity index (χ1) is 13.0. The van der Waals surface area contributed by atoms with Crippen LogP contribution in [0.25, 0.3) is 11.4 Å². The molecular formula is C21H25N5S. The average Bonchev–Trinajstić information content (AvgIpc) is 3.12. The Balaban J connectivity index is 1.79. The van der Waals surface area contributed by atoms with E-state index in [4.69, 9.17) is 4.98 Å². The van der Waals surface area contributed by atoms with E-state index in [0.717, 1.165) is 40.7 Å². The van der Waals surface area contributed by atoms with Crippen molar-refractivity contribution in [3.63, 3.8) is 0 Å². The summed E-state index contributed by atoms with van der Waals surface area (Å²) in [7, 11) is 2.03. The van der Waals surface area contributed by atoms with Gasteiger partial charge in [0.15, 0.2) is 0 Å². The number of hydrogen-bond donors (Lipinski definition) is 0. The highest BCUT2D eigenvalue weighted by Gasteiger charge is 2.10. The molecule has 3 rings (SSSR count). The lowest BCUT2D eigenvalue weighted by molar-refractivity contribution is 0.552. The van der Waals surface area contributed by atoms with Crippen LogP contribution < -0.4 is 0 Å². The van der Waals surface area contributed by atoms with Crippen LogP contribution in [0.3, 0.4) is 0 Å². The lowest BCUT2D eigenvalue weighted by Crippen LogP contribution is -2.14. The zero-order valence-electron chi connectivity index (χ0n) is 16.5. The molecular weight excluding hydrogens is 354 g/mol. The Morgan fingerprint density at radius 1 is 1.07 bits per heavy atom. The van der Waals surface area contributed by atoms with Crippen molar-refractivity contribution in [1.82, 2.24) is 20.1 Å². The van der Waals surface area contributed by atoms with Crippen LogP contribution in [0.1, 0.15) is 34.3 Å². The topological polar surface area (TPSA) is 54.3 Å². The summed E-state index contributed by atoms with van der Waals surface area (Å²) in [6.45, 7) is 9.23. The molecule has 0 N–H and O–H groups in total. The van der Waals surface area contributed by atoms with Gasteiger partial charge in [0.1, 0.15) is 11.4 Å². The van der Waals surface area contributed by atoms with Gasteiger partial charge in [-0.3, -0.25) is 0 Å². The molecule has 3 aromatic rings. The second-order valence-corrected chi connectivity index (χ2v) is 7.69. The quantitative estimate of drug-likeness (QED) is 0.459. The van der Waals surface area contributed by atoms with E-state index in [-0.39, 0.29) is 0 Å². The number of aromatic nitrogens is 3. The van der Waals surface area contributed by atoms with Crippen molar-refractivity contribution >= 4 is 23.4 Å². The average molecular weight is 380 g/mol. The predicted octanol–water partition coefficient (Wildman–Crippen LogP) is 4.73. The summed E-state index contributed by atoms with van der Waals surface area (Å²) in [5, 5.41) is 11.5. The summed E-state index contributed by atoms with van der Waals surface area (Å²) in [6.07, 6.45) is 2.70. The van der Waals surface area contributed by atoms with Crippen LogP contribution in [0.5, 0.6) is 0 Å². The number of thiazole rings is 1. The van der Waals surface area contributed by atoms with Crippen LogP contribution >= 0.6 is 11.3 Å². The number of rotatable bonds is 6. The number of aryl methyl sites for hydroxylation is 3. The van der Waals surface area contributed by atoms with Gasteiger partial charge in [0.2, 0.25) is 0 Å². The highest BCUT2D eigenvalue weighted by Crippen LogP contribution is 2.27. The smallest absolute Gasteiger partial charge is 0.112 e. The molecule has 0 atom stereocenters. The van der Waals surface area contributed by atoms with Crippen molar-refractivity contribution in [2.45, 2.75) is 34.1 Å². The molecule has 0 aliphatic heterocycles. The van der Waals surface area contributed by atoms with Crippen molar-refractivity contribution in [2.75, 3.05) is 13.6 Å². The third kappa shape index (κ3) is 4.77. The predicted molar refractivity (Wildman–Crippen MR) is 113 cm³/mol. The third-order valence-corrected chi connectivity index (χ3v) is 5.35. The molecule has 27 heavy (non-hydrogen) atoms. The maximum Gasteiger partial charge on any atom is 0.112 e. The van der Waals surface area contributed by atoms with E-state index in [1.54, 1.807) is 11.3 Å². The Hall–Kier alpha value is -2.60. The number of hydrogen-bond acceptors (Lipinski definition) is 5. The van der Waals surface area contributed by atoms with Crippen LogP contribution in [-0.2, 0) is 6.42 Å². The molecule has 5 nitrogen and oxygen atoms in total. The lowest BCUT2D eigenvalue weighted by atomic mass is 10.0. The summed E-state index contributed by atoms with van der Waals surface area (Å²) in [5.74, 6) is 0. The molecule has 0 aliphatic rings. The van der Waals surface area contributed by atoms with Gasteiger partial charge in [-0.2, -0.15) is 5.10 Å². The first kappa shape index (κ1) is 19.2. The molecule has 0 bridgehead atoms. The molecule has 140 valence electrons. The fraction of sp³-hybridized carbons (Fsp3) is 0.333. The summed E-state index contributed by atoms with van der Waals surface area (Å²) >= 11 is 1.66. The van der Waals surface area contributed by atoms with Crippen LogP contribution in [-0.4, -0.2) is 40.0 Å². The van der Waals surface area contributed by atoms with Gasteiger partial charge in [0.25, 0.3) is 0 Å². The van der Waals surface area contributed by atoms with Gasteiger partial charge in [0.05, 0.1) is 22.7 Å². The summed E-state index contributed by atoms with van der Waals surface area (Å²) in [4.78, 5) is 11.4. The molecule has 0 saturated heterocycles. The maximum atomic E-state index is 4.75. The van der Waals surface area contributed by atoms with E-state index in [9.17, 15) is 0 Å². The fourth-order valence-corrected chi connectivity index (χ4v) is 3.45. The van der Waals surface area contributed by atoms with Gasteiger partial charge in [-0.05, 0) is 62.6 Å². The van der Waals surface area contributed by atoms with Crippen LogP contribution in [0.15, 0.2) is 34.6 Å². The minimum atomic E-state index is 0.815. The second kappa shape index (κ2) is 8.39. The van der Waals surface area contributed by atoms with E-state index < -0.39 is 0 Å². The fourth-order valence-electron chi connectivity index (χ4n) is 2.64. The molecule has 0 spiro atoms. The van der Waals surface area contributed by atoms with Gasteiger partial charge in [-0.1, -0.05) is 6.07 Å². The largest absolute Gasteiger partial charge is 0.366 e. The van der Waals surface area contributed by atoms with Crippen molar-refractivity contribution < 1.29 is 0 Å². The molecule has 0 saturated carbocycles. The van der Waals surface area contributed by atoms with E-state index in [1.165, 1.54) is 16.7 Å². The van der Waals surface area contributed by atoms with Gasteiger partial charge in [-0.25, -0.2) is 9.98 Å². The van der Waals surface area contributed by atoms with Crippen LogP contribution in [0.2, 0.25) is 0 Å². The Bertz CT molecular complexity index is 944. The van der Waals surface area contributed by atoms with Crippen molar-refractivity contribution in [3.8, 4) is 11.4 Å². The van der Waals surface area contributed by atoms with Gasteiger partial charge < -0.3 is 4.90 Å². The Morgan fingerprint density at radius 3 is 2.59 bits per heavy atom. The molecule has 0 fully saturated rings. The van der Waals surface area contributed by atoms with E-state index in [1.807, 2.05) is 32.4 Å². The first-order valence-electron chi connectivity index (χ1n) is 9.06. The SMILES string of the molecule is CCN(C)/C=N/c1cc(C)c(Cc2nc(-c3ccc(C)nn3)cs2)cc1C. The Labute approximate surface area is 164 Å². The summed E-state index contributed by atoms with van der Waals surface area (Å²) < 4.78 is 0. The van der Waals surface area contributed by atoms with Crippen molar-refractivity contribution in [3.05, 3.63) is 57.0 Å².